The number of piperidine rings is 1. The van der Waals surface area contributed by atoms with E-state index in [-0.39, 0.29) is 11.4 Å². The Labute approximate surface area is 114 Å². The van der Waals surface area contributed by atoms with Crippen LogP contribution in [-0.2, 0) is 4.74 Å². The first kappa shape index (κ1) is 13.7. The number of carbonyl (C=O) groups is 1. The normalized spacial score (nSPS) is 18.2. The molecule has 0 amide bonds. The Morgan fingerprint density at radius 1 is 1.42 bits per heavy atom. The van der Waals surface area contributed by atoms with Crippen molar-refractivity contribution < 1.29 is 9.53 Å². The first-order chi connectivity index (χ1) is 8.93. The lowest BCUT2D eigenvalue weighted by Crippen LogP contribution is -2.40. The van der Waals surface area contributed by atoms with Crippen molar-refractivity contribution in [1.29, 1.82) is 0 Å². The predicted molar refractivity (Wildman–Crippen MR) is 77.4 cm³/mol. The highest BCUT2D eigenvalue weighted by Gasteiger charge is 2.27. The third kappa shape index (κ3) is 3.00. The SMILES string of the molecule is COC(=O)c1ccc(N)c(N2CCCC(C)(C)C2)c1. The molecule has 1 aromatic rings. The highest BCUT2D eigenvalue weighted by atomic mass is 16.5. The van der Waals surface area contributed by atoms with E-state index < -0.39 is 0 Å². The topological polar surface area (TPSA) is 55.6 Å². The third-order valence-corrected chi connectivity index (χ3v) is 3.69. The molecule has 1 fully saturated rings. The zero-order valence-corrected chi connectivity index (χ0v) is 11.9. The van der Waals surface area contributed by atoms with Crippen molar-refractivity contribution in [2.45, 2.75) is 26.7 Å². The van der Waals surface area contributed by atoms with E-state index in [1.807, 2.05) is 6.07 Å². The zero-order valence-electron chi connectivity index (χ0n) is 11.9. The molecule has 4 nitrogen and oxygen atoms in total. The molecule has 1 saturated heterocycles. The number of hydrogen-bond acceptors (Lipinski definition) is 4. The third-order valence-electron chi connectivity index (χ3n) is 3.69. The highest BCUT2D eigenvalue weighted by molar-refractivity contribution is 5.92. The number of nitrogens with zero attached hydrogens (tertiary/aromatic N) is 1. The minimum absolute atomic E-state index is 0.284. The first-order valence-corrected chi connectivity index (χ1v) is 6.66. The van der Waals surface area contributed by atoms with Crippen molar-refractivity contribution in [3.05, 3.63) is 23.8 Å². The van der Waals surface area contributed by atoms with Gasteiger partial charge in [-0.2, -0.15) is 0 Å². The number of nitrogens with two attached hydrogens (primary N) is 1. The summed E-state index contributed by atoms with van der Waals surface area (Å²) in [5.41, 5.74) is 8.55. The van der Waals surface area contributed by atoms with Gasteiger partial charge in [-0.05, 0) is 36.5 Å². The van der Waals surface area contributed by atoms with Gasteiger partial charge in [-0.1, -0.05) is 13.8 Å². The van der Waals surface area contributed by atoms with Gasteiger partial charge in [-0.25, -0.2) is 4.79 Å². The fourth-order valence-corrected chi connectivity index (χ4v) is 2.69. The van der Waals surface area contributed by atoms with E-state index in [0.29, 0.717) is 11.3 Å². The van der Waals surface area contributed by atoms with Gasteiger partial charge < -0.3 is 15.4 Å². The number of methoxy groups -OCH3 is 1. The molecule has 1 aliphatic heterocycles. The van der Waals surface area contributed by atoms with Crippen molar-refractivity contribution >= 4 is 17.3 Å². The Bertz CT molecular complexity index is 483. The molecule has 0 radical (unpaired) electrons. The van der Waals surface area contributed by atoms with Gasteiger partial charge in [-0.15, -0.1) is 0 Å². The minimum Gasteiger partial charge on any atom is -0.465 e. The molecule has 0 bridgehead atoms. The van der Waals surface area contributed by atoms with Crippen LogP contribution in [0.3, 0.4) is 0 Å². The second kappa shape index (κ2) is 5.11. The van der Waals surface area contributed by atoms with Crippen molar-refractivity contribution in [2.24, 2.45) is 5.41 Å². The monoisotopic (exact) mass is 262 g/mol. The summed E-state index contributed by atoms with van der Waals surface area (Å²) < 4.78 is 4.76. The molecule has 1 aromatic carbocycles. The first-order valence-electron chi connectivity index (χ1n) is 6.66. The van der Waals surface area contributed by atoms with Crippen LogP contribution in [0.4, 0.5) is 11.4 Å². The number of nitrogen functional groups attached to an aromatic ring is 1. The standard InChI is InChI=1S/C15H22N2O2/c1-15(2)7-4-8-17(10-15)13-9-11(14(18)19-3)5-6-12(13)16/h5-6,9H,4,7-8,10,16H2,1-3H3. The maximum atomic E-state index is 11.6. The van der Waals surface area contributed by atoms with Crippen LogP contribution in [0.2, 0.25) is 0 Å². The number of esters is 1. The lowest BCUT2D eigenvalue weighted by Gasteiger charge is -2.40. The summed E-state index contributed by atoms with van der Waals surface area (Å²) in [6.45, 7) is 6.47. The van der Waals surface area contributed by atoms with Gasteiger partial charge >= 0.3 is 5.97 Å². The van der Waals surface area contributed by atoms with Crippen LogP contribution in [-0.4, -0.2) is 26.2 Å². The highest BCUT2D eigenvalue weighted by Crippen LogP contribution is 2.34. The fraction of sp³-hybridized carbons (Fsp3) is 0.533. The van der Waals surface area contributed by atoms with Gasteiger partial charge in [0.25, 0.3) is 0 Å². The molecule has 4 heteroatoms. The Kier molecular flexibility index (Phi) is 3.69. The van der Waals surface area contributed by atoms with Crippen LogP contribution >= 0.6 is 0 Å². The fourth-order valence-electron chi connectivity index (χ4n) is 2.69. The summed E-state index contributed by atoms with van der Waals surface area (Å²) in [4.78, 5) is 13.9. The van der Waals surface area contributed by atoms with E-state index in [1.54, 1.807) is 12.1 Å². The molecule has 0 saturated carbocycles. The lowest BCUT2D eigenvalue weighted by molar-refractivity contribution is 0.0601. The maximum absolute atomic E-state index is 11.6. The molecule has 2 rings (SSSR count). The molecule has 0 atom stereocenters. The predicted octanol–water partition coefficient (Wildman–Crippen LogP) is 2.68. The van der Waals surface area contributed by atoms with Crippen LogP contribution in [0.1, 0.15) is 37.0 Å². The van der Waals surface area contributed by atoms with Gasteiger partial charge in [-0.3, -0.25) is 0 Å². The minimum atomic E-state index is -0.322. The number of anilines is 2. The van der Waals surface area contributed by atoms with E-state index in [0.717, 1.165) is 25.2 Å². The zero-order chi connectivity index (χ0) is 14.0. The molecule has 0 aromatic heterocycles. The molecule has 0 aliphatic carbocycles. The summed E-state index contributed by atoms with van der Waals surface area (Å²) in [5.74, 6) is -0.322. The quantitative estimate of drug-likeness (QED) is 0.657. The summed E-state index contributed by atoms with van der Waals surface area (Å²) >= 11 is 0. The van der Waals surface area contributed by atoms with Gasteiger partial charge in [0.1, 0.15) is 0 Å². The molecular formula is C15H22N2O2. The average molecular weight is 262 g/mol. The average Bonchev–Trinajstić information content (AvgIpc) is 2.37. The second-order valence-electron chi connectivity index (χ2n) is 5.95. The number of benzene rings is 1. The maximum Gasteiger partial charge on any atom is 0.337 e. The number of hydrogen-bond donors (Lipinski definition) is 1. The van der Waals surface area contributed by atoms with Crippen LogP contribution in [0.25, 0.3) is 0 Å². The number of carbonyl (C=O) groups excluding carboxylic acids is 1. The van der Waals surface area contributed by atoms with Crippen molar-refractivity contribution in [3.63, 3.8) is 0 Å². The van der Waals surface area contributed by atoms with Gasteiger partial charge in [0.2, 0.25) is 0 Å². The molecule has 19 heavy (non-hydrogen) atoms. The molecule has 104 valence electrons. The number of ether oxygens (including phenoxy) is 1. The van der Waals surface area contributed by atoms with E-state index in [4.69, 9.17) is 10.5 Å². The van der Waals surface area contributed by atoms with E-state index in [1.165, 1.54) is 13.5 Å². The largest absolute Gasteiger partial charge is 0.465 e. The molecule has 1 aliphatic rings. The number of rotatable bonds is 2. The van der Waals surface area contributed by atoms with E-state index in [9.17, 15) is 4.79 Å². The van der Waals surface area contributed by atoms with Crippen molar-refractivity contribution in [2.75, 3.05) is 30.8 Å². The van der Waals surface area contributed by atoms with Crippen molar-refractivity contribution in [3.8, 4) is 0 Å². The summed E-state index contributed by atoms with van der Waals surface area (Å²) in [6.07, 6.45) is 2.37. The van der Waals surface area contributed by atoms with Crippen molar-refractivity contribution in [1.82, 2.24) is 0 Å². The van der Waals surface area contributed by atoms with Crippen LogP contribution in [0.5, 0.6) is 0 Å². The van der Waals surface area contributed by atoms with Gasteiger partial charge in [0, 0.05) is 13.1 Å². The smallest absolute Gasteiger partial charge is 0.337 e. The van der Waals surface area contributed by atoms with E-state index in [2.05, 4.69) is 18.7 Å². The molecule has 2 N–H and O–H groups in total. The summed E-state index contributed by atoms with van der Waals surface area (Å²) in [7, 11) is 1.39. The lowest BCUT2D eigenvalue weighted by atomic mass is 9.84. The Balaban J connectivity index is 2.30. The van der Waals surface area contributed by atoms with Gasteiger partial charge in [0.15, 0.2) is 0 Å². The van der Waals surface area contributed by atoms with Crippen LogP contribution in [0, 0.1) is 5.41 Å². The van der Waals surface area contributed by atoms with Crippen LogP contribution < -0.4 is 10.6 Å². The Morgan fingerprint density at radius 2 is 2.16 bits per heavy atom. The van der Waals surface area contributed by atoms with Gasteiger partial charge in [0.05, 0.1) is 24.0 Å². The second-order valence-corrected chi connectivity index (χ2v) is 5.95. The Morgan fingerprint density at radius 3 is 2.79 bits per heavy atom. The summed E-state index contributed by atoms with van der Waals surface area (Å²) in [5, 5.41) is 0. The Hall–Kier alpha value is -1.71. The summed E-state index contributed by atoms with van der Waals surface area (Å²) in [6, 6.07) is 5.32. The molecular weight excluding hydrogens is 240 g/mol. The molecule has 0 spiro atoms. The van der Waals surface area contributed by atoms with Crippen LogP contribution in [0.15, 0.2) is 18.2 Å². The molecule has 1 heterocycles. The van der Waals surface area contributed by atoms with E-state index >= 15 is 0 Å². The molecule has 0 unspecified atom stereocenters.